The number of imide groups is 1. The summed E-state index contributed by atoms with van der Waals surface area (Å²) in [5, 5.41) is 0. The van der Waals surface area contributed by atoms with Gasteiger partial charge in [-0.15, -0.1) is 0 Å². The number of cyclic esters (lactones) is 1. The molecule has 1 unspecified atom stereocenters. The molecule has 2 aromatic carbocycles. The summed E-state index contributed by atoms with van der Waals surface area (Å²) in [7, 11) is 0. The Morgan fingerprint density at radius 1 is 1.03 bits per heavy atom. The van der Waals surface area contributed by atoms with Crippen molar-refractivity contribution in [2.45, 2.75) is 31.8 Å². The molecule has 2 amide bonds. The lowest BCUT2D eigenvalue weighted by Crippen LogP contribution is -2.35. The van der Waals surface area contributed by atoms with E-state index < -0.39 is 12.0 Å². The van der Waals surface area contributed by atoms with Gasteiger partial charge in [-0.2, -0.15) is 0 Å². The Balaban J connectivity index is 1.36. The predicted octanol–water partition coefficient (Wildman–Crippen LogP) is 5.56. The van der Waals surface area contributed by atoms with Crippen molar-refractivity contribution >= 4 is 29.5 Å². The van der Waals surface area contributed by atoms with Crippen LogP contribution in [0, 0.1) is 0 Å². The van der Waals surface area contributed by atoms with Crippen LogP contribution in [0.5, 0.6) is 0 Å². The number of nitrogens with zero attached hydrogens (tertiary/aromatic N) is 2. The molecule has 6 heteroatoms. The minimum absolute atomic E-state index is 0.0470. The highest BCUT2D eigenvalue weighted by Gasteiger charge is 2.38. The van der Waals surface area contributed by atoms with E-state index in [9.17, 15) is 9.59 Å². The van der Waals surface area contributed by atoms with E-state index in [4.69, 9.17) is 9.47 Å². The van der Waals surface area contributed by atoms with Crippen LogP contribution in [0.2, 0.25) is 0 Å². The van der Waals surface area contributed by atoms with Crippen LogP contribution >= 0.6 is 0 Å². The van der Waals surface area contributed by atoms with Crippen molar-refractivity contribution < 1.29 is 19.1 Å². The topological polar surface area (TPSA) is 59.1 Å². The lowest BCUT2D eigenvalue weighted by Gasteiger charge is -2.28. The minimum Gasteiger partial charge on any atom is -0.404 e. The van der Waals surface area contributed by atoms with Crippen LogP contribution in [0.25, 0.3) is 6.08 Å². The fourth-order valence-electron chi connectivity index (χ4n) is 4.35. The molecule has 0 spiro atoms. The van der Waals surface area contributed by atoms with Crippen molar-refractivity contribution in [1.29, 1.82) is 0 Å². The van der Waals surface area contributed by atoms with Gasteiger partial charge < -0.3 is 14.4 Å². The minimum atomic E-state index is -0.633. The maximum Gasteiger partial charge on any atom is 0.422 e. The molecule has 6 nitrogen and oxygen atoms in total. The van der Waals surface area contributed by atoms with E-state index in [1.165, 1.54) is 5.70 Å². The summed E-state index contributed by atoms with van der Waals surface area (Å²) in [5.74, 6) is -0.365. The summed E-state index contributed by atoms with van der Waals surface area (Å²) in [5.41, 5.74) is 4.13. The predicted molar refractivity (Wildman–Crippen MR) is 127 cm³/mol. The fourth-order valence-corrected chi connectivity index (χ4v) is 4.35. The Kier molecular flexibility index (Phi) is 6.09. The maximum atomic E-state index is 12.7. The average Bonchev–Trinajstić information content (AvgIpc) is 3.46. The second-order valence-corrected chi connectivity index (χ2v) is 8.31. The molecule has 2 saturated heterocycles. The Morgan fingerprint density at radius 3 is 2.52 bits per heavy atom. The number of hydrogen-bond donors (Lipinski definition) is 0. The van der Waals surface area contributed by atoms with E-state index in [0.717, 1.165) is 47.5 Å². The van der Waals surface area contributed by atoms with Crippen LogP contribution in [-0.2, 0) is 14.3 Å². The SMILES string of the molecule is O=C1O/C(=C/c2ccc(N(C3=CC=CCC3)c3ccccc3)cc2)C(=O)N1CC1CCCO1. The quantitative estimate of drug-likeness (QED) is 0.549. The van der Waals surface area contributed by atoms with Gasteiger partial charge in [0.25, 0.3) is 5.91 Å². The Morgan fingerprint density at radius 2 is 1.82 bits per heavy atom. The van der Waals surface area contributed by atoms with Gasteiger partial charge in [-0.25, -0.2) is 9.69 Å². The molecular formula is C27H26N2O4. The molecule has 2 aromatic rings. The first-order chi connectivity index (χ1) is 16.2. The molecule has 33 heavy (non-hydrogen) atoms. The van der Waals surface area contributed by atoms with E-state index in [1.807, 2.05) is 42.5 Å². The molecule has 0 aromatic heterocycles. The Bertz CT molecular complexity index is 1110. The molecule has 2 aliphatic heterocycles. The van der Waals surface area contributed by atoms with Gasteiger partial charge in [0.1, 0.15) is 0 Å². The van der Waals surface area contributed by atoms with Gasteiger partial charge in [-0.05, 0) is 67.7 Å². The van der Waals surface area contributed by atoms with Gasteiger partial charge in [0, 0.05) is 23.7 Å². The molecule has 3 aliphatic rings. The first-order valence-corrected chi connectivity index (χ1v) is 11.4. The molecular weight excluding hydrogens is 416 g/mol. The van der Waals surface area contributed by atoms with Gasteiger partial charge in [0.2, 0.25) is 0 Å². The summed E-state index contributed by atoms with van der Waals surface area (Å²) < 4.78 is 10.8. The van der Waals surface area contributed by atoms with Crippen LogP contribution in [0.15, 0.2) is 84.3 Å². The van der Waals surface area contributed by atoms with Crippen molar-refractivity contribution in [2.75, 3.05) is 18.1 Å². The first-order valence-electron chi connectivity index (χ1n) is 11.4. The molecule has 1 atom stereocenters. The summed E-state index contributed by atoms with van der Waals surface area (Å²) in [6.45, 7) is 0.910. The molecule has 0 bridgehead atoms. The zero-order valence-electron chi connectivity index (χ0n) is 18.4. The lowest BCUT2D eigenvalue weighted by atomic mass is 10.1. The zero-order valence-corrected chi connectivity index (χ0v) is 18.4. The zero-order chi connectivity index (χ0) is 22.6. The second kappa shape index (κ2) is 9.46. The third-order valence-corrected chi connectivity index (χ3v) is 6.03. The normalized spacial score (nSPS) is 21.5. The van der Waals surface area contributed by atoms with E-state index in [0.29, 0.717) is 6.61 Å². The van der Waals surface area contributed by atoms with Crippen LogP contribution in [0.3, 0.4) is 0 Å². The number of anilines is 2. The number of rotatable bonds is 6. The third-order valence-electron chi connectivity index (χ3n) is 6.03. The number of benzene rings is 2. The number of ether oxygens (including phenoxy) is 2. The molecule has 5 rings (SSSR count). The van der Waals surface area contributed by atoms with Crippen molar-refractivity contribution in [3.8, 4) is 0 Å². The van der Waals surface area contributed by atoms with Gasteiger partial charge in [0.15, 0.2) is 5.76 Å². The standard InChI is InChI=1S/C27H26N2O4/c30-26-25(33-27(31)28(26)19-24-12-7-17-32-24)18-20-13-15-23(16-14-20)29(21-8-3-1-4-9-21)22-10-5-2-6-11-22/h1-5,8-10,13-16,18,24H,6-7,11-12,17,19H2/b25-18+. The van der Waals surface area contributed by atoms with E-state index in [1.54, 1.807) is 6.08 Å². The Hall–Kier alpha value is -3.64. The highest BCUT2D eigenvalue weighted by Crippen LogP contribution is 2.33. The fraction of sp³-hybridized carbons (Fsp3) is 0.259. The molecule has 1 aliphatic carbocycles. The number of carbonyl (C=O) groups is 2. The maximum absolute atomic E-state index is 12.7. The summed E-state index contributed by atoms with van der Waals surface area (Å²) >= 11 is 0. The van der Waals surface area contributed by atoms with Crippen molar-refractivity contribution in [3.05, 3.63) is 89.8 Å². The van der Waals surface area contributed by atoms with Gasteiger partial charge in [-0.3, -0.25) is 4.79 Å². The van der Waals surface area contributed by atoms with Crippen LogP contribution in [0.4, 0.5) is 16.2 Å². The highest BCUT2D eigenvalue weighted by atomic mass is 16.6. The van der Waals surface area contributed by atoms with Crippen LogP contribution in [0.1, 0.15) is 31.2 Å². The number of carbonyl (C=O) groups excluding carboxylic acids is 2. The monoisotopic (exact) mass is 442 g/mol. The van der Waals surface area contributed by atoms with Gasteiger partial charge >= 0.3 is 6.09 Å². The van der Waals surface area contributed by atoms with E-state index in [2.05, 4.69) is 35.3 Å². The molecule has 168 valence electrons. The smallest absolute Gasteiger partial charge is 0.404 e. The molecule has 0 N–H and O–H groups in total. The largest absolute Gasteiger partial charge is 0.422 e. The summed E-state index contributed by atoms with van der Waals surface area (Å²) in [6.07, 6.45) is 11.1. The van der Waals surface area contributed by atoms with Gasteiger partial charge in [0.05, 0.1) is 12.6 Å². The molecule has 2 heterocycles. The number of para-hydroxylation sites is 1. The van der Waals surface area contributed by atoms with E-state index >= 15 is 0 Å². The molecule has 2 fully saturated rings. The number of amides is 2. The first kappa shape index (κ1) is 21.2. The third kappa shape index (κ3) is 4.61. The molecule has 0 saturated carbocycles. The summed E-state index contributed by atoms with van der Waals surface area (Å²) in [6, 6.07) is 18.2. The van der Waals surface area contributed by atoms with Crippen LogP contribution < -0.4 is 4.90 Å². The van der Waals surface area contributed by atoms with Gasteiger partial charge in [-0.1, -0.05) is 42.5 Å². The van der Waals surface area contributed by atoms with Crippen molar-refractivity contribution in [1.82, 2.24) is 4.90 Å². The van der Waals surface area contributed by atoms with E-state index in [-0.39, 0.29) is 18.4 Å². The number of hydrogen-bond acceptors (Lipinski definition) is 5. The van der Waals surface area contributed by atoms with Crippen molar-refractivity contribution in [3.63, 3.8) is 0 Å². The second-order valence-electron chi connectivity index (χ2n) is 8.31. The highest BCUT2D eigenvalue weighted by molar-refractivity contribution is 6.09. The Labute approximate surface area is 193 Å². The summed E-state index contributed by atoms with van der Waals surface area (Å²) in [4.78, 5) is 28.3. The number of allylic oxidation sites excluding steroid dienone is 4. The average molecular weight is 443 g/mol. The lowest BCUT2D eigenvalue weighted by molar-refractivity contribution is -0.124. The van der Waals surface area contributed by atoms with Crippen LogP contribution in [-0.4, -0.2) is 36.2 Å². The molecule has 0 radical (unpaired) electrons. The van der Waals surface area contributed by atoms with Crippen molar-refractivity contribution in [2.24, 2.45) is 0 Å².